The Morgan fingerprint density at radius 2 is 1.96 bits per heavy atom. The number of nitrogens with one attached hydrogen (secondary N) is 1. The van der Waals surface area contributed by atoms with Gasteiger partial charge in [0.1, 0.15) is 0 Å². The van der Waals surface area contributed by atoms with E-state index in [1.54, 1.807) is 11.3 Å². The Labute approximate surface area is 150 Å². The van der Waals surface area contributed by atoms with Gasteiger partial charge in [-0.2, -0.15) is 0 Å². The van der Waals surface area contributed by atoms with Crippen LogP contribution in [0.25, 0.3) is 0 Å². The predicted octanol–water partition coefficient (Wildman–Crippen LogP) is 3.39. The van der Waals surface area contributed by atoms with Gasteiger partial charge >= 0.3 is 0 Å². The van der Waals surface area contributed by atoms with Gasteiger partial charge in [0.2, 0.25) is 10.0 Å². The van der Waals surface area contributed by atoms with Gasteiger partial charge in [-0.3, -0.25) is 4.90 Å². The fourth-order valence-corrected chi connectivity index (χ4v) is 5.24. The topological polar surface area (TPSA) is 49.4 Å². The Morgan fingerprint density at radius 1 is 1.22 bits per heavy atom. The number of sulfonamides is 1. The van der Waals surface area contributed by atoms with E-state index in [4.69, 9.17) is 23.2 Å². The highest BCUT2D eigenvalue weighted by molar-refractivity contribution is 7.89. The standard InChI is InChI=1S/C15H16Cl2N2O2S2/c16-12-7-13(17)9-14(8-12)23(20,21)18-3-5-19-4-1-15-11(10-19)2-6-22-15/h2,6-9,18H,1,3-5,10H2. The van der Waals surface area contributed by atoms with Crippen molar-refractivity contribution in [2.45, 2.75) is 17.9 Å². The van der Waals surface area contributed by atoms with Crippen LogP contribution in [-0.4, -0.2) is 33.0 Å². The maximum absolute atomic E-state index is 12.3. The molecule has 0 bridgehead atoms. The molecule has 0 saturated carbocycles. The molecule has 4 nitrogen and oxygen atoms in total. The molecule has 1 aliphatic rings. The highest BCUT2D eigenvalue weighted by Gasteiger charge is 2.19. The fourth-order valence-electron chi connectivity index (χ4n) is 2.60. The summed E-state index contributed by atoms with van der Waals surface area (Å²) in [5.41, 5.74) is 1.35. The largest absolute Gasteiger partial charge is 0.297 e. The minimum absolute atomic E-state index is 0.0914. The van der Waals surface area contributed by atoms with Gasteiger partial charge < -0.3 is 0 Å². The minimum atomic E-state index is -3.60. The van der Waals surface area contributed by atoms with Crippen molar-refractivity contribution in [1.29, 1.82) is 0 Å². The van der Waals surface area contributed by atoms with E-state index in [0.29, 0.717) is 23.1 Å². The van der Waals surface area contributed by atoms with Crippen LogP contribution in [0.4, 0.5) is 0 Å². The molecule has 1 N–H and O–H groups in total. The lowest BCUT2D eigenvalue weighted by atomic mass is 10.1. The molecular weight excluding hydrogens is 375 g/mol. The molecule has 2 aromatic rings. The Bertz CT molecular complexity index is 785. The molecule has 0 unspecified atom stereocenters. The SMILES string of the molecule is O=S(=O)(NCCN1CCc2sccc2C1)c1cc(Cl)cc(Cl)c1. The van der Waals surface area contributed by atoms with E-state index < -0.39 is 10.0 Å². The zero-order chi connectivity index (χ0) is 16.4. The van der Waals surface area contributed by atoms with Gasteiger partial charge in [-0.1, -0.05) is 23.2 Å². The van der Waals surface area contributed by atoms with Gasteiger partial charge in [-0.25, -0.2) is 13.1 Å². The molecule has 1 aliphatic heterocycles. The van der Waals surface area contributed by atoms with Crippen molar-refractivity contribution in [1.82, 2.24) is 9.62 Å². The summed E-state index contributed by atoms with van der Waals surface area (Å²) in [6.45, 7) is 2.86. The van der Waals surface area contributed by atoms with E-state index in [-0.39, 0.29) is 4.90 Å². The number of hydrogen-bond acceptors (Lipinski definition) is 4. The number of benzene rings is 1. The summed E-state index contributed by atoms with van der Waals surface area (Å²) in [6.07, 6.45) is 1.03. The van der Waals surface area contributed by atoms with E-state index in [1.165, 1.54) is 28.6 Å². The summed E-state index contributed by atoms with van der Waals surface area (Å²) >= 11 is 13.5. The van der Waals surface area contributed by atoms with Crippen molar-refractivity contribution >= 4 is 44.6 Å². The fraction of sp³-hybridized carbons (Fsp3) is 0.333. The number of thiophene rings is 1. The van der Waals surface area contributed by atoms with Gasteiger partial charge in [-0.05, 0) is 41.6 Å². The molecule has 23 heavy (non-hydrogen) atoms. The molecule has 0 aliphatic carbocycles. The van der Waals surface area contributed by atoms with Crippen LogP contribution in [0.1, 0.15) is 10.4 Å². The lowest BCUT2D eigenvalue weighted by Gasteiger charge is -2.26. The van der Waals surface area contributed by atoms with Crippen LogP contribution in [0.3, 0.4) is 0 Å². The zero-order valence-electron chi connectivity index (χ0n) is 12.3. The lowest BCUT2D eigenvalue weighted by molar-refractivity contribution is 0.260. The average molecular weight is 391 g/mol. The predicted molar refractivity (Wildman–Crippen MR) is 95.0 cm³/mol. The van der Waals surface area contributed by atoms with Crippen molar-refractivity contribution in [3.05, 3.63) is 50.1 Å². The molecule has 124 valence electrons. The summed E-state index contributed by atoms with van der Waals surface area (Å²) in [5, 5.41) is 2.72. The van der Waals surface area contributed by atoms with Gasteiger partial charge in [-0.15, -0.1) is 11.3 Å². The maximum atomic E-state index is 12.3. The molecule has 2 heterocycles. The van der Waals surface area contributed by atoms with Crippen LogP contribution in [0.5, 0.6) is 0 Å². The highest BCUT2D eigenvalue weighted by atomic mass is 35.5. The van der Waals surface area contributed by atoms with E-state index in [2.05, 4.69) is 21.1 Å². The molecular formula is C15H16Cl2N2O2S2. The number of nitrogens with zero attached hydrogens (tertiary/aromatic N) is 1. The third-order valence-corrected chi connectivity index (χ3v) is 6.65. The zero-order valence-corrected chi connectivity index (χ0v) is 15.4. The third-order valence-electron chi connectivity index (χ3n) is 3.75. The van der Waals surface area contributed by atoms with Crippen LogP contribution >= 0.6 is 34.5 Å². The first-order valence-electron chi connectivity index (χ1n) is 7.17. The molecule has 8 heteroatoms. The van der Waals surface area contributed by atoms with E-state index in [9.17, 15) is 8.42 Å². The smallest absolute Gasteiger partial charge is 0.240 e. The summed E-state index contributed by atoms with van der Waals surface area (Å²) in [6, 6.07) is 6.45. The van der Waals surface area contributed by atoms with Gasteiger partial charge in [0, 0.05) is 41.1 Å². The van der Waals surface area contributed by atoms with E-state index in [0.717, 1.165) is 19.5 Å². The number of hydrogen-bond donors (Lipinski definition) is 1. The van der Waals surface area contributed by atoms with Crippen molar-refractivity contribution in [3.8, 4) is 0 Å². The van der Waals surface area contributed by atoms with Crippen LogP contribution in [0.2, 0.25) is 10.0 Å². The normalized spacial score (nSPS) is 15.6. The van der Waals surface area contributed by atoms with E-state index >= 15 is 0 Å². The second-order valence-corrected chi connectivity index (χ2v) is 9.04. The van der Waals surface area contributed by atoms with Gasteiger partial charge in [0.25, 0.3) is 0 Å². The lowest BCUT2D eigenvalue weighted by Crippen LogP contribution is -2.37. The first-order chi connectivity index (χ1) is 10.9. The van der Waals surface area contributed by atoms with Crippen LogP contribution in [0, 0.1) is 0 Å². The first kappa shape index (κ1) is 17.2. The average Bonchev–Trinajstić information content (AvgIpc) is 2.93. The molecule has 0 radical (unpaired) electrons. The molecule has 0 saturated heterocycles. The van der Waals surface area contributed by atoms with Gasteiger partial charge in [0.15, 0.2) is 0 Å². The highest BCUT2D eigenvalue weighted by Crippen LogP contribution is 2.24. The monoisotopic (exact) mass is 390 g/mol. The third kappa shape index (κ3) is 4.26. The van der Waals surface area contributed by atoms with Crippen LogP contribution in [0.15, 0.2) is 34.5 Å². The van der Waals surface area contributed by atoms with Crippen LogP contribution in [-0.2, 0) is 23.0 Å². The number of halogens is 2. The molecule has 3 rings (SSSR count). The summed E-state index contributed by atoms with van der Waals surface area (Å²) < 4.78 is 27.2. The summed E-state index contributed by atoms with van der Waals surface area (Å²) in [5.74, 6) is 0. The molecule has 1 aromatic heterocycles. The number of fused-ring (bicyclic) bond motifs is 1. The molecule has 0 amide bonds. The Balaban J connectivity index is 1.58. The van der Waals surface area contributed by atoms with Crippen molar-refractivity contribution in [2.24, 2.45) is 0 Å². The maximum Gasteiger partial charge on any atom is 0.240 e. The molecule has 0 atom stereocenters. The van der Waals surface area contributed by atoms with E-state index in [1.807, 2.05) is 0 Å². The Kier molecular flexibility index (Phi) is 5.30. The second kappa shape index (κ2) is 7.09. The summed E-state index contributed by atoms with van der Waals surface area (Å²) in [7, 11) is -3.60. The minimum Gasteiger partial charge on any atom is -0.297 e. The van der Waals surface area contributed by atoms with Crippen LogP contribution < -0.4 is 4.72 Å². The van der Waals surface area contributed by atoms with Crippen molar-refractivity contribution in [3.63, 3.8) is 0 Å². The first-order valence-corrected chi connectivity index (χ1v) is 10.3. The van der Waals surface area contributed by atoms with Crippen molar-refractivity contribution < 1.29 is 8.42 Å². The second-order valence-electron chi connectivity index (χ2n) is 5.40. The quantitative estimate of drug-likeness (QED) is 0.850. The summed E-state index contributed by atoms with van der Waals surface area (Å²) in [4.78, 5) is 3.78. The molecule has 0 fully saturated rings. The number of rotatable bonds is 5. The molecule has 0 spiro atoms. The van der Waals surface area contributed by atoms with Crippen molar-refractivity contribution in [2.75, 3.05) is 19.6 Å². The Hall–Kier alpha value is -0.630. The molecule has 1 aromatic carbocycles. The van der Waals surface area contributed by atoms with Gasteiger partial charge in [0.05, 0.1) is 4.90 Å². The Morgan fingerprint density at radius 3 is 2.70 bits per heavy atom.